The van der Waals surface area contributed by atoms with Crippen LogP contribution in [0.25, 0.3) is 0 Å². The van der Waals surface area contributed by atoms with E-state index in [1.165, 1.54) is 6.07 Å². The number of nitrogens with one attached hydrogen (secondary N) is 2. The van der Waals surface area contributed by atoms with E-state index in [0.717, 1.165) is 12.8 Å². The first-order chi connectivity index (χ1) is 10.2. The van der Waals surface area contributed by atoms with Crippen LogP contribution in [0, 0.1) is 0 Å². The summed E-state index contributed by atoms with van der Waals surface area (Å²) in [6.07, 6.45) is 1.63. The molecule has 0 spiro atoms. The normalized spacial score (nSPS) is 14.5. The first-order valence-corrected chi connectivity index (χ1v) is 7.89. The van der Waals surface area contributed by atoms with Gasteiger partial charge >= 0.3 is 5.97 Å². The summed E-state index contributed by atoms with van der Waals surface area (Å²) in [6.45, 7) is 5.23. The second-order valence-corrected chi connectivity index (χ2v) is 7.19. The van der Waals surface area contributed by atoms with E-state index in [0.29, 0.717) is 5.82 Å². The molecule has 120 valence electrons. The van der Waals surface area contributed by atoms with Gasteiger partial charge in [0.25, 0.3) is 5.56 Å². The molecule has 6 nitrogen and oxygen atoms in total. The highest BCUT2D eigenvalue weighted by molar-refractivity contribution is 9.10. The molecular formula is C15H19BrN2O4. The number of halogens is 1. The molecule has 1 heterocycles. The van der Waals surface area contributed by atoms with Gasteiger partial charge in [-0.15, -0.1) is 0 Å². The molecule has 0 atom stereocenters. The number of carbonyl (C=O) groups is 2. The van der Waals surface area contributed by atoms with Crippen LogP contribution in [-0.4, -0.2) is 28.4 Å². The average Bonchev–Trinajstić information content (AvgIpc) is 3.14. The summed E-state index contributed by atoms with van der Waals surface area (Å²) >= 11 is 3.11. The molecule has 1 aliphatic rings. The van der Waals surface area contributed by atoms with Gasteiger partial charge in [0.2, 0.25) is 0 Å². The van der Waals surface area contributed by atoms with Crippen LogP contribution in [-0.2, 0) is 9.53 Å². The van der Waals surface area contributed by atoms with E-state index in [2.05, 4.69) is 26.2 Å². The number of H-pyrrole nitrogens is 1. The highest BCUT2D eigenvalue weighted by atomic mass is 79.9. The second-order valence-electron chi connectivity index (χ2n) is 6.34. The molecule has 1 aromatic heterocycles. The van der Waals surface area contributed by atoms with Gasteiger partial charge in [0.15, 0.2) is 5.78 Å². The van der Waals surface area contributed by atoms with E-state index in [4.69, 9.17) is 4.74 Å². The number of ether oxygens (including phenoxy) is 1. The fourth-order valence-corrected chi connectivity index (χ4v) is 2.20. The Kier molecular flexibility index (Phi) is 4.75. The molecule has 0 amide bonds. The average molecular weight is 371 g/mol. The van der Waals surface area contributed by atoms with E-state index in [-0.39, 0.29) is 28.1 Å². The molecule has 0 aromatic carbocycles. The molecule has 22 heavy (non-hydrogen) atoms. The summed E-state index contributed by atoms with van der Waals surface area (Å²) in [4.78, 5) is 38.4. The Hall–Kier alpha value is -1.63. The molecule has 2 N–H and O–H groups in total. The summed E-state index contributed by atoms with van der Waals surface area (Å²) in [6, 6.07) is 1.71. The van der Waals surface area contributed by atoms with Gasteiger partial charge in [0.1, 0.15) is 17.8 Å². The number of hydrogen-bond donors (Lipinski definition) is 2. The number of pyridine rings is 1. The number of esters is 1. The molecule has 1 saturated carbocycles. The number of aromatic nitrogens is 1. The fourth-order valence-electron chi connectivity index (χ4n) is 1.87. The predicted molar refractivity (Wildman–Crippen MR) is 86.2 cm³/mol. The van der Waals surface area contributed by atoms with Crippen LogP contribution in [0.2, 0.25) is 0 Å². The molecule has 7 heteroatoms. The standard InChI is InChI=1S/C15H19BrN2O4/c1-15(2,3)22-12(20)7-11(19)9-6-10(16)14(21)18-13(9)17-8-4-5-8/h6,8H,4-5,7H2,1-3H3,(H2,17,18,21). The van der Waals surface area contributed by atoms with Crippen molar-refractivity contribution in [3.05, 3.63) is 26.5 Å². The number of Topliss-reactive ketones (excluding diaryl/α,β-unsaturated/α-hetero) is 1. The minimum absolute atomic E-state index is 0.251. The summed E-state index contributed by atoms with van der Waals surface area (Å²) < 4.78 is 5.40. The molecule has 0 aliphatic heterocycles. The van der Waals surface area contributed by atoms with Crippen LogP contribution < -0.4 is 10.9 Å². The summed E-state index contributed by atoms with van der Waals surface area (Å²) in [5, 5.41) is 3.11. The van der Waals surface area contributed by atoms with Gasteiger partial charge in [-0.05, 0) is 55.6 Å². The van der Waals surface area contributed by atoms with Gasteiger partial charge in [-0.1, -0.05) is 0 Å². The first kappa shape index (κ1) is 16.7. The summed E-state index contributed by atoms with van der Waals surface area (Å²) in [5.74, 6) is -0.615. The topological polar surface area (TPSA) is 88.3 Å². The van der Waals surface area contributed by atoms with Crippen molar-refractivity contribution in [2.24, 2.45) is 0 Å². The Morgan fingerprint density at radius 1 is 1.41 bits per heavy atom. The lowest BCUT2D eigenvalue weighted by Gasteiger charge is -2.19. The van der Waals surface area contributed by atoms with E-state index in [1.807, 2.05) is 0 Å². The van der Waals surface area contributed by atoms with E-state index in [9.17, 15) is 14.4 Å². The Bertz CT molecular complexity index is 656. The van der Waals surface area contributed by atoms with E-state index >= 15 is 0 Å². The molecule has 1 aromatic rings. The number of ketones is 1. The minimum Gasteiger partial charge on any atom is -0.460 e. The van der Waals surface area contributed by atoms with Gasteiger partial charge in [0, 0.05) is 6.04 Å². The third kappa shape index (κ3) is 4.69. The molecule has 2 rings (SSSR count). The van der Waals surface area contributed by atoms with Crippen LogP contribution in [0.1, 0.15) is 50.4 Å². The Labute approximate surface area is 136 Å². The van der Waals surface area contributed by atoms with Crippen molar-refractivity contribution >= 4 is 33.5 Å². The Morgan fingerprint density at radius 3 is 2.59 bits per heavy atom. The number of rotatable bonds is 5. The molecular weight excluding hydrogens is 352 g/mol. The van der Waals surface area contributed by atoms with Gasteiger partial charge in [-0.3, -0.25) is 14.4 Å². The zero-order valence-corrected chi connectivity index (χ0v) is 14.4. The number of carbonyl (C=O) groups excluding carboxylic acids is 2. The van der Waals surface area contributed by atoms with Crippen LogP contribution in [0.5, 0.6) is 0 Å². The predicted octanol–water partition coefficient (Wildman–Crippen LogP) is 2.63. The maximum absolute atomic E-state index is 12.3. The van der Waals surface area contributed by atoms with Crippen molar-refractivity contribution in [2.75, 3.05) is 5.32 Å². The molecule has 0 radical (unpaired) electrons. The van der Waals surface area contributed by atoms with Crippen molar-refractivity contribution in [1.29, 1.82) is 0 Å². The lowest BCUT2D eigenvalue weighted by molar-refractivity contribution is -0.153. The van der Waals surface area contributed by atoms with E-state index < -0.39 is 17.4 Å². The fraction of sp³-hybridized carbons (Fsp3) is 0.533. The maximum atomic E-state index is 12.3. The van der Waals surface area contributed by atoms with Gasteiger partial charge in [-0.25, -0.2) is 0 Å². The third-order valence-electron chi connectivity index (χ3n) is 2.95. The maximum Gasteiger partial charge on any atom is 0.314 e. The largest absolute Gasteiger partial charge is 0.460 e. The zero-order chi connectivity index (χ0) is 16.5. The van der Waals surface area contributed by atoms with Gasteiger partial charge < -0.3 is 15.0 Å². The summed E-state index contributed by atoms with van der Waals surface area (Å²) in [5.41, 5.74) is -0.681. The second kappa shape index (κ2) is 6.24. The zero-order valence-electron chi connectivity index (χ0n) is 12.8. The molecule has 0 unspecified atom stereocenters. The van der Waals surface area contributed by atoms with E-state index in [1.54, 1.807) is 20.8 Å². The van der Waals surface area contributed by atoms with Crippen molar-refractivity contribution in [1.82, 2.24) is 4.98 Å². The highest BCUT2D eigenvalue weighted by Crippen LogP contribution is 2.26. The molecule has 1 fully saturated rings. The molecule has 0 bridgehead atoms. The van der Waals surface area contributed by atoms with Crippen LogP contribution in [0.4, 0.5) is 5.82 Å². The quantitative estimate of drug-likeness (QED) is 0.472. The molecule has 1 aliphatic carbocycles. The van der Waals surface area contributed by atoms with Crippen molar-refractivity contribution in [3.63, 3.8) is 0 Å². The summed E-state index contributed by atoms with van der Waals surface area (Å²) in [7, 11) is 0. The van der Waals surface area contributed by atoms with Crippen molar-refractivity contribution < 1.29 is 14.3 Å². The van der Waals surface area contributed by atoms with Crippen LogP contribution in [0.15, 0.2) is 15.3 Å². The Balaban J connectivity index is 2.18. The highest BCUT2D eigenvalue weighted by Gasteiger charge is 2.26. The van der Waals surface area contributed by atoms with Crippen molar-refractivity contribution in [3.8, 4) is 0 Å². The molecule has 0 saturated heterocycles. The third-order valence-corrected chi connectivity index (χ3v) is 3.54. The Morgan fingerprint density at radius 2 is 2.05 bits per heavy atom. The SMILES string of the molecule is CC(C)(C)OC(=O)CC(=O)c1cc(Br)c(=O)[nH]c1NC1CC1. The monoisotopic (exact) mass is 370 g/mol. The lowest BCUT2D eigenvalue weighted by atomic mass is 10.1. The number of anilines is 1. The number of hydrogen-bond acceptors (Lipinski definition) is 5. The smallest absolute Gasteiger partial charge is 0.314 e. The van der Waals surface area contributed by atoms with Gasteiger partial charge in [-0.2, -0.15) is 0 Å². The van der Waals surface area contributed by atoms with Crippen molar-refractivity contribution in [2.45, 2.75) is 51.7 Å². The van der Waals surface area contributed by atoms with Gasteiger partial charge in [0.05, 0.1) is 10.0 Å². The number of aromatic amines is 1. The lowest BCUT2D eigenvalue weighted by Crippen LogP contribution is -2.26. The minimum atomic E-state index is -0.641. The van der Waals surface area contributed by atoms with Crippen LogP contribution >= 0.6 is 15.9 Å². The van der Waals surface area contributed by atoms with Crippen LogP contribution in [0.3, 0.4) is 0 Å². The first-order valence-electron chi connectivity index (χ1n) is 7.10.